The summed E-state index contributed by atoms with van der Waals surface area (Å²) in [7, 11) is 0. The lowest BCUT2D eigenvalue weighted by Gasteiger charge is -2.02. The molecule has 4 aromatic rings. The molecule has 0 spiro atoms. The quantitative estimate of drug-likeness (QED) is 0.402. The standard InChI is InChI=1S/C21H16O/c1-15(16-8-3-2-4-9-16)14-17-10-7-12-19-18-11-5-6-13-20(18)22-21(17)19/h2-14H,1H3/b15-14-. The van der Waals surface area contributed by atoms with Crippen LogP contribution < -0.4 is 0 Å². The Kier molecular flexibility index (Phi) is 3.05. The molecule has 0 fully saturated rings. The Morgan fingerprint density at radius 2 is 1.50 bits per heavy atom. The largest absolute Gasteiger partial charge is 0.455 e. The summed E-state index contributed by atoms with van der Waals surface area (Å²) in [6.45, 7) is 2.14. The first-order valence-electron chi connectivity index (χ1n) is 7.47. The van der Waals surface area contributed by atoms with E-state index < -0.39 is 0 Å². The summed E-state index contributed by atoms with van der Waals surface area (Å²) in [6.07, 6.45) is 2.19. The van der Waals surface area contributed by atoms with Crippen molar-refractivity contribution in [3.63, 3.8) is 0 Å². The SMILES string of the molecule is C/C(=C/c1cccc2c1oc1ccccc12)c1ccccc1. The summed E-state index contributed by atoms with van der Waals surface area (Å²) in [6, 6.07) is 24.9. The van der Waals surface area contributed by atoms with Crippen molar-refractivity contribution in [3.8, 4) is 0 Å². The highest BCUT2D eigenvalue weighted by atomic mass is 16.3. The van der Waals surface area contributed by atoms with E-state index in [0.29, 0.717) is 0 Å². The molecular weight excluding hydrogens is 268 g/mol. The van der Waals surface area contributed by atoms with Crippen molar-refractivity contribution >= 4 is 33.6 Å². The number of para-hydroxylation sites is 2. The molecule has 0 atom stereocenters. The Morgan fingerprint density at radius 3 is 2.36 bits per heavy atom. The molecule has 1 heteroatoms. The van der Waals surface area contributed by atoms with Gasteiger partial charge < -0.3 is 4.42 Å². The molecule has 0 saturated carbocycles. The predicted octanol–water partition coefficient (Wildman–Crippen LogP) is 6.15. The van der Waals surface area contributed by atoms with Gasteiger partial charge in [-0.1, -0.05) is 66.7 Å². The summed E-state index contributed by atoms with van der Waals surface area (Å²) in [5, 5.41) is 2.34. The van der Waals surface area contributed by atoms with Crippen molar-refractivity contribution in [3.05, 3.63) is 83.9 Å². The van der Waals surface area contributed by atoms with E-state index in [2.05, 4.69) is 67.6 Å². The van der Waals surface area contributed by atoms with Crippen LogP contribution in [0.2, 0.25) is 0 Å². The van der Waals surface area contributed by atoms with E-state index in [1.54, 1.807) is 0 Å². The molecule has 0 saturated heterocycles. The Morgan fingerprint density at radius 1 is 0.773 bits per heavy atom. The molecule has 3 aromatic carbocycles. The molecule has 0 unspecified atom stereocenters. The average Bonchev–Trinajstić information content (AvgIpc) is 2.95. The summed E-state index contributed by atoms with van der Waals surface area (Å²) >= 11 is 0. The van der Waals surface area contributed by atoms with Crippen LogP contribution >= 0.6 is 0 Å². The third-order valence-corrected chi connectivity index (χ3v) is 4.04. The van der Waals surface area contributed by atoms with Crippen molar-refractivity contribution in [2.75, 3.05) is 0 Å². The zero-order chi connectivity index (χ0) is 14.9. The first-order chi connectivity index (χ1) is 10.8. The van der Waals surface area contributed by atoms with Gasteiger partial charge in [0.25, 0.3) is 0 Å². The second-order valence-corrected chi connectivity index (χ2v) is 5.52. The van der Waals surface area contributed by atoms with E-state index >= 15 is 0 Å². The van der Waals surface area contributed by atoms with Crippen LogP contribution in [-0.2, 0) is 0 Å². The fourth-order valence-electron chi connectivity index (χ4n) is 2.90. The molecule has 0 bridgehead atoms. The Hall–Kier alpha value is -2.80. The van der Waals surface area contributed by atoms with Gasteiger partial charge in [-0.3, -0.25) is 0 Å². The van der Waals surface area contributed by atoms with Crippen molar-refractivity contribution < 1.29 is 4.42 Å². The van der Waals surface area contributed by atoms with E-state index in [-0.39, 0.29) is 0 Å². The third-order valence-electron chi connectivity index (χ3n) is 4.04. The number of rotatable bonds is 2. The van der Waals surface area contributed by atoms with Crippen LogP contribution in [0.4, 0.5) is 0 Å². The van der Waals surface area contributed by atoms with Crippen LogP contribution in [0, 0.1) is 0 Å². The molecule has 0 N–H and O–H groups in total. The molecule has 1 nitrogen and oxygen atoms in total. The van der Waals surface area contributed by atoms with Crippen LogP contribution in [0.15, 0.2) is 77.2 Å². The zero-order valence-corrected chi connectivity index (χ0v) is 12.4. The van der Waals surface area contributed by atoms with Gasteiger partial charge in [-0.2, -0.15) is 0 Å². The first-order valence-corrected chi connectivity index (χ1v) is 7.47. The summed E-state index contributed by atoms with van der Waals surface area (Å²) < 4.78 is 6.08. The topological polar surface area (TPSA) is 13.1 Å². The first kappa shape index (κ1) is 12.9. The van der Waals surface area contributed by atoms with Gasteiger partial charge in [-0.15, -0.1) is 0 Å². The second kappa shape index (κ2) is 5.19. The highest BCUT2D eigenvalue weighted by Gasteiger charge is 2.09. The molecule has 0 aliphatic carbocycles. The van der Waals surface area contributed by atoms with Crippen molar-refractivity contribution in [1.29, 1.82) is 0 Å². The van der Waals surface area contributed by atoms with Gasteiger partial charge in [0.2, 0.25) is 0 Å². The van der Waals surface area contributed by atoms with Gasteiger partial charge in [0.1, 0.15) is 11.2 Å². The van der Waals surface area contributed by atoms with Crippen molar-refractivity contribution in [1.82, 2.24) is 0 Å². The van der Waals surface area contributed by atoms with Gasteiger partial charge in [-0.05, 0) is 30.2 Å². The number of hydrogen-bond acceptors (Lipinski definition) is 1. The maximum Gasteiger partial charge on any atom is 0.142 e. The lowest BCUT2D eigenvalue weighted by molar-refractivity contribution is 0.668. The Bertz CT molecular complexity index is 975. The molecule has 1 heterocycles. The summed E-state index contributed by atoms with van der Waals surface area (Å²) in [5.74, 6) is 0. The zero-order valence-electron chi connectivity index (χ0n) is 12.4. The monoisotopic (exact) mass is 284 g/mol. The molecular formula is C21H16O. The normalized spacial score (nSPS) is 12.1. The summed E-state index contributed by atoms with van der Waals surface area (Å²) in [4.78, 5) is 0. The lowest BCUT2D eigenvalue weighted by atomic mass is 10.0. The highest BCUT2D eigenvalue weighted by molar-refractivity contribution is 6.08. The molecule has 0 radical (unpaired) electrons. The van der Waals surface area contributed by atoms with Crippen molar-refractivity contribution in [2.45, 2.75) is 6.92 Å². The number of allylic oxidation sites excluding steroid dienone is 1. The molecule has 0 aliphatic heterocycles. The second-order valence-electron chi connectivity index (χ2n) is 5.52. The highest BCUT2D eigenvalue weighted by Crippen LogP contribution is 2.32. The minimum Gasteiger partial charge on any atom is -0.455 e. The van der Waals surface area contributed by atoms with E-state index in [4.69, 9.17) is 4.42 Å². The van der Waals surface area contributed by atoms with Gasteiger partial charge in [0.05, 0.1) is 0 Å². The van der Waals surface area contributed by atoms with Gasteiger partial charge >= 0.3 is 0 Å². The molecule has 0 amide bonds. The fraction of sp³-hybridized carbons (Fsp3) is 0.0476. The van der Waals surface area contributed by atoms with E-state index in [0.717, 1.165) is 16.7 Å². The molecule has 1 aromatic heterocycles. The van der Waals surface area contributed by atoms with Crippen LogP contribution in [-0.4, -0.2) is 0 Å². The van der Waals surface area contributed by atoms with Crippen LogP contribution in [0.5, 0.6) is 0 Å². The third kappa shape index (κ3) is 2.11. The maximum atomic E-state index is 6.08. The minimum atomic E-state index is 0.940. The molecule has 106 valence electrons. The van der Waals surface area contributed by atoms with Gasteiger partial charge in [-0.25, -0.2) is 0 Å². The number of fused-ring (bicyclic) bond motifs is 3. The number of furan rings is 1. The van der Waals surface area contributed by atoms with E-state index in [9.17, 15) is 0 Å². The lowest BCUT2D eigenvalue weighted by Crippen LogP contribution is -1.80. The van der Waals surface area contributed by atoms with Gasteiger partial charge in [0.15, 0.2) is 0 Å². The Balaban J connectivity index is 1.92. The molecule has 22 heavy (non-hydrogen) atoms. The van der Waals surface area contributed by atoms with Crippen LogP contribution in [0.3, 0.4) is 0 Å². The van der Waals surface area contributed by atoms with Gasteiger partial charge in [0, 0.05) is 16.3 Å². The van der Waals surface area contributed by atoms with E-state index in [1.165, 1.54) is 21.9 Å². The summed E-state index contributed by atoms with van der Waals surface area (Å²) in [5.41, 5.74) is 5.48. The number of benzene rings is 3. The minimum absolute atomic E-state index is 0.940. The molecule has 4 rings (SSSR count). The van der Waals surface area contributed by atoms with E-state index in [1.807, 2.05) is 18.2 Å². The molecule has 0 aliphatic rings. The van der Waals surface area contributed by atoms with Crippen molar-refractivity contribution in [2.24, 2.45) is 0 Å². The fourth-order valence-corrected chi connectivity index (χ4v) is 2.90. The van der Waals surface area contributed by atoms with Crippen LogP contribution in [0.1, 0.15) is 18.1 Å². The maximum absolute atomic E-state index is 6.08. The predicted molar refractivity (Wildman–Crippen MR) is 93.7 cm³/mol. The Labute approximate surface area is 129 Å². The smallest absolute Gasteiger partial charge is 0.142 e. The van der Waals surface area contributed by atoms with Crippen LogP contribution in [0.25, 0.3) is 33.6 Å². The average molecular weight is 284 g/mol. The number of hydrogen-bond donors (Lipinski definition) is 0.